The van der Waals surface area contributed by atoms with Gasteiger partial charge in [0, 0.05) is 12.6 Å². The van der Waals surface area contributed by atoms with Gasteiger partial charge in [-0.1, -0.05) is 12.8 Å². The van der Waals surface area contributed by atoms with Gasteiger partial charge >= 0.3 is 7.60 Å². The summed E-state index contributed by atoms with van der Waals surface area (Å²) in [5.41, 5.74) is 0.235. The fourth-order valence-electron chi connectivity index (χ4n) is 4.57. The summed E-state index contributed by atoms with van der Waals surface area (Å²) >= 11 is 6.14. The van der Waals surface area contributed by atoms with Crippen molar-refractivity contribution in [2.24, 2.45) is 5.92 Å². The lowest BCUT2D eigenvalue weighted by Crippen LogP contribution is -2.34. The Morgan fingerprint density at radius 3 is 2.69 bits per heavy atom. The molecule has 4 N–H and O–H groups in total. The van der Waals surface area contributed by atoms with Crippen molar-refractivity contribution < 1.29 is 38.1 Å². The predicted octanol–water partition coefficient (Wildman–Crippen LogP) is 2.38. The van der Waals surface area contributed by atoms with Crippen LogP contribution in [-0.2, 0) is 18.8 Å². The molecule has 2 aromatic heterocycles. The van der Waals surface area contributed by atoms with Crippen molar-refractivity contribution in [3.63, 3.8) is 0 Å². The predicted molar refractivity (Wildman–Crippen MR) is 126 cm³/mol. The summed E-state index contributed by atoms with van der Waals surface area (Å²) in [6, 6.07) is 0.248. The number of hydrogen-bond acceptors (Lipinski definition) is 9. The summed E-state index contributed by atoms with van der Waals surface area (Å²) in [6.45, 7) is -0.377. The van der Waals surface area contributed by atoms with Crippen LogP contribution in [0.3, 0.4) is 0 Å². The number of hydrogen-bond donors (Lipinski definition) is 4. The quantitative estimate of drug-likeness (QED) is 0.240. The van der Waals surface area contributed by atoms with E-state index in [1.54, 1.807) is 0 Å². The highest BCUT2D eigenvalue weighted by atomic mass is 35.5. The number of ether oxygens (including phenoxy) is 3. The Morgan fingerprint density at radius 1 is 1.25 bits per heavy atom. The maximum Gasteiger partial charge on any atom is 0.356 e. The topological polar surface area (TPSA) is 161 Å². The minimum absolute atomic E-state index is 0.0470. The molecule has 0 bridgehead atoms. The first-order chi connectivity index (χ1) is 17.2. The molecule has 3 fully saturated rings. The van der Waals surface area contributed by atoms with Crippen molar-refractivity contribution >= 4 is 36.0 Å². The number of anilines is 1. The monoisotopic (exact) mass is 549 g/mol. The molecule has 1 aliphatic heterocycles. The number of aliphatic hydroxyl groups excluding tert-OH is 1. The number of alkyl halides is 1. The van der Waals surface area contributed by atoms with Gasteiger partial charge in [0.25, 0.3) is 0 Å². The van der Waals surface area contributed by atoms with Gasteiger partial charge in [-0.15, -0.1) is 0 Å². The molecule has 0 amide bonds. The molecule has 2 aliphatic carbocycles. The molecule has 5 atom stereocenters. The second-order valence-corrected chi connectivity index (χ2v) is 11.7. The molecular formula is C21H30ClFN5O7P. The van der Waals surface area contributed by atoms with Gasteiger partial charge in [0.05, 0.1) is 24.8 Å². The van der Waals surface area contributed by atoms with E-state index in [2.05, 4.69) is 20.4 Å². The van der Waals surface area contributed by atoms with E-state index < -0.39 is 44.7 Å². The number of nitrogens with one attached hydrogen (secondary N) is 1. The van der Waals surface area contributed by atoms with Gasteiger partial charge < -0.3 is 34.4 Å². The minimum atomic E-state index is -4.66. The fraction of sp³-hybridized carbons (Fsp3) is 0.762. The van der Waals surface area contributed by atoms with Crippen molar-refractivity contribution in [2.45, 2.75) is 75.0 Å². The van der Waals surface area contributed by atoms with E-state index in [0.29, 0.717) is 23.7 Å². The minimum Gasteiger partial charge on any atom is -0.387 e. The van der Waals surface area contributed by atoms with Crippen molar-refractivity contribution in [3.05, 3.63) is 11.5 Å². The Kier molecular flexibility index (Phi) is 7.81. The van der Waals surface area contributed by atoms with Gasteiger partial charge in [0.15, 0.2) is 23.9 Å². The average molecular weight is 550 g/mol. The summed E-state index contributed by atoms with van der Waals surface area (Å²) in [5.74, 6) is -0.649. The van der Waals surface area contributed by atoms with E-state index in [0.717, 1.165) is 38.5 Å². The number of aromatic nitrogens is 4. The molecule has 3 aliphatic rings. The highest BCUT2D eigenvalue weighted by Crippen LogP contribution is 2.43. The third-order valence-corrected chi connectivity index (χ3v) is 8.01. The number of fused-ring (bicyclic) bond motifs is 1. The van der Waals surface area contributed by atoms with E-state index in [1.165, 1.54) is 10.9 Å². The molecule has 2 aromatic rings. The van der Waals surface area contributed by atoms with Crippen LogP contribution in [0, 0.1) is 5.92 Å². The van der Waals surface area contributed by atoms with Crippen molar-refractivity contribution in [3.8, 4) is 0 Å². The lowest BCUT2D eigenvalue weighted by Gasteiger charge is -2.22. The maximum absolute atomic E-state index is 15.1. The molecule has 3 heterocycles. The lowest BCUT2D eigenvalue weighted by molar-refractivity contribution is -0.0835. The van der Waals surface area contributed by atoms with Crippen LogP contribution in [-0.4, -0.2) is 84.7 Å². The molecule has 0 radical (unpaired) electrons. The zero-order valence-electron chi connectivity index (χ0n) is 19.4. The molecule has 1 unspecified atom stereocenters. The van der Waals surface area contributed by atoms with E-state index >= 15 is 4.39 Å². The van der Waals surface area contributed by atoms with Crippen LogP contribution in [0.4, 0.5) is 10.2 Å². The molecule has 5 rings (SSSR count). The Labute approximate surface area is 211 Å². The zero-order valence-corrected chi connectivity index (χ0v) is 21.1. The molecule has 36 heavy (non-hydrogen) atoms. The Balaban J connectivity index is 1.28. The second kappa shape index (κ2) is 10.7. The maximum atomic E-state index is 15.1. The first-order valence-electron chi connectivity index (χ1n) is 12.1. The van der Waals surface area contributed by atoms with Gasteiger partial charge in [-0.05, 0) is 43.2 Å². The highest BCUT2D eigenvalue weighted by molar-refractivity contribution is 7.52. The summed E-state index contributed by atoms with van der Waals surface area (Å²) in [6.07, 6.45) is 1.72. The molecule has 12 nitrogen and oxygen atoms in total. The first kappa shape index (κ1) is 26.2. The second-order valence-electron chi connectivity index (χ2n) is 9.65. The molecule has 2 saturated carbocycles. The van der Waals surface area contributed by atoms with Crippen LogP contribution in [0.2, 0.25) is 5.28 Å². The summed E-state index contributed by atoms with van der Waals surface area (Å²) in [5, 5.41) is 18.5. The highest BCUT2D eigenvalue weighted by Gasteiger charge is 2.47. The normalized spacial score (nSPS) is 28.2. The molecule has 1 saturated heterocycles. The van der Waals surface area contributed by atoms with Crippen molar-refractivity contribution in [1.29, 1.82) is 0 Å². The zero-order chi connectivity index (χ0) is 25.4. The van der Waals surface area contributed by atoms with E-state index in [4.69, 9.17) is 25.8 Å². The van der Waals surface area contributed by atoms with Crippen LogP contribution in [0.1, 0.15) is 44.8 Å². The number of nitrogens with zero attached hydrogens (tertiary/aromatic N) is 4. The molecule has 0 spiro atoms. The van der Waals surface area contributed by atoms with Gasteiger partial charge in [0.2, 0.25) is 5.28 Å². The van der Waals surface area contributed by atoms with Gasteiger partial charge in [-0.3, -0.25) is 4.57 Å². The number of rotatable bonds is 11. The molecule has 200 valence electrons. The first-order valence-corrected chi connectivity index (χ1v) is 14.2. The van der Waals surface area contributed by atoms with Gasteiger partial charge in [-0.2, -0.15) is 15.1 Å². The van der Waals surface area contributed by atoms with Crippen LogP contribution in [0.15, 0.2) is 6.20 Å². The molecule has 0 aromatic carbocycles. The van der Waals surface area contributed by atoms with Crippen LogP contribution in [0.5, 0.6) is 0 Å². The van der Waals surface area contributed by atoms with Gasteiger partial charge in [0.1, 0.15) is 18.0 Å². The van der Waals surface area contributed by atoms with E-state index in [9.17, 15) is 19.5 Å². The fourth-order valence-corrected chi connectivity index (χ4v) is 5.31. The molecule has 15 heteroatoms. The van der Waals surface area contributed by atoms with E-state index in [-0.39, 0.29) is 23.6 Å². The third kappa shape index (κ3) is 5.83. The summed E-state index contributed by atoms with van der Waals surface area (Å²) in [7, 11) is -4.66. The number of halogens is 2. The summed E-state index contributed by atoms with van der Waals surface area (Å²) < 4.78 is 44.6. The van der Waals surface area contributed by atoms with Crippen LogP contribution in [0.25, 0.3) is 11.0 Å². The average Bonchev–Trinajstić information content (AvgIpc) is 3.19. The van der Waals surface area contributed by atoms with Crippen LogP contribution < -0.4 is 5.32 Å². The largest absolute Gasteiger partial charge is 0.387 e. The van der Waals surface area contributed by atoms with Gasteiger partial charge in [-0.25, -0.2) is 9.07 Å². The summed E-state index contributed by atoms with van der Waals surface area (Å²) in [4.78, 5) is 27.7. The van der Waals surface area contributed by atoms with Crippen molar-refractivity contribution in [2.75, 3.05) is 25.1 Å². The Bertz CT molecular complexity index is 1110. The smallest absolute Gasteiger partial charge is 0.356 e. The Morgan fingerprint density at radius 2 is 2.00 bits per heavy atom. The Hall–Kier alpha value is -1.44. The standard InChI is InChI=1S/C21H30ClFN5O7P/c22-21-26-18(25-12-3-1-2-4-12)13-7-24-28(19(13)27-21)20-16(23)17(29)14(35-20)9-34-15(36(30,31)32)10-33-8-11-5-6-11/h7,11-12,14-17,20,29H,1-6,8-10H2,(H,25,26,27)(H2,30,31,32)/t14-,15?,16+,17-,20-/m1/s1. The third-order valence-electron chi connectivity index (χ3n) is 6.80. The SMILES string of the molecule is O=P(O)(O)C(COCC1CC1)OC[C@H]1O[C@@H](n2ncc3c(NC4CCCC4)nc(Cl)nc32)[C@@H](F)[C@@H]1O. The van der Waals surface area contributed by atoms with Crippen LogP contribution >= 0.6 is 19.2 Å². The number of aliphatic hydroxyl groups is 1. The van der Waals surface area contributed by atoms with E-state index in [1.807, 2.05) is 0 Å². The molecular weight excluding hydrogens is 520 g/mol. The van der Waals surface area contributed by atoms with Crippen molar-refractivity contribution in [1.82, 2.24) is 19.7 Å². The lowest BCUT2D eigenvalue weighted by atomic mass is 10.1.